The van der Waals surface area contributed by atoms with E-state index in [1.165, 1.54) is 6.20 Å². The van der Waals surface area contributed by atoms with E-state index in [0.29, 0.717) is 31.2 Å². The number of carbonyl (C=O) groups is 1. The Kier molecular flexibility index (Phi) is 5.19. The molecule has 0 spiro atoms. The number of nitrogens with zero attached hydrogens (tertiary/aromatic N) is 2. The van der Waals surface area contributed by atoms with Crippen molar-refractivity contribution < 1.29 is 18.3 Å². The number of aromatic nitrogens is 2. The fourth-order valence-electron chi connectivity index (χ4n) is 1.31. The van der Waals surface area contributed by atoms with E-state index >= 15 is 0 Å². The molecule has 0 atom stereocenters. The van der Waals surface area contributed by atoms with Crippen LogP contribution in [-0.2, 0) is 10.0 Å². The monoisotopic (exact) mass is 288 g/mol. The van der Waals surface area contributed by atoms with Crippen molar-refractivity contribution in [3.05, 3.63) is 17.5 Å². The average Bonchev–Trinajstić information content (AvgIpc) is 2.26. The van der Waals surface area contributed by atoms with E-state index in [1.54, 1.807) is 6.92 Å². The van der Waals surface area contributed by atoms with Crippen LogP contribution in [0.2, 0.25) is 0 Å². The highest BCUT2D eigenvalue weighted by molar-refractivity contribution is 7.88. The van der Waals surface area contributed by atoms with Gasteiger partial charge in [0.1, 0.15) is 0 Å². The number of nitrogens with one attached hydrogen (secondary N) is 2. The van der Waals surface area contributed by atoms with E-state index < -0.39 is 16.0 Å². The van der Waals surface area contributed by atoms with E-state index in [4.69, 9.17) is 5.11 Å². The summed E-state index contributed by atoms with van der Waals surface area (Å²) in [6.07, 6.45) is 2.90. The van der Waals surface area contributed by atoms with Crippen LogP contribution in [0.15, 0.2) is 6.20 Å². The largest absolute Gasteiger partial charge is 0.478 e. The fraction of sp³-hybridized carbons (Fsp3) is 0.500. The van der Waals surface area contributed by atoms with Gasteiger partial charge < -0.3 is 10.4 Å². The number of carboxylic acid groups (broad SMARTS) is 1. The maximum Gasteiger partial charge on any atom is 0.339 e. The van der Waals surface area contributed by atoms with Crippen molar-refractivity contribution in [2.45, 2.75) is 13.3 Å². The number of aryl methyl sites for hydroxylation is 1. The fourth-order valence-corrected chi connectivity index (χ4v) is 1.82. The molecule has 19 heavy (non-hydrogen) atoms. The molecule has 0 amide bonds. The van der Waals surface area contributed by atoms with Crippen LogP contribution >= 0.6 is 0 Å². The smallest absolute Gasteiger partial charge is 0.339 e. The molecule has 0 saturated carbocycles. The van der Waals surface area contributed by atoms with E-state index in [9.17, 15) is 13.2 Å². The zero-order chi connectivity index (χ0) is 14.5. The highest BCUT2D eigenvalue weighted by Crippen LogP contribution is 2.06. The van der Waals surface area contributed by atoms with E-state index in [2.05, 4.69) is 20.0 Å². The van der Waals surface area contributed by atoms with Gasteiger partial charge in [0.25, 0.3) is 0 Å². The summed E-state index contributed by atoms with van der Waals surface area (Å²) in [5, 5.41) is 11.7. The number of carboxylic acids is 1. The molecule has 1 aromatic heterocycles. The first-order valence-electron chi connectivity index (χ1n) is 5.55. The van der Waals surface area contributed by atoms with Gasteiger partial charge in [-0.2, -0.15) is 0 Å². The minimum absolute atomic E-state index is 0.0595. The molecule has 0 bridgehead atoms. The van der Waals surface area contributed by atoms with Crippen LogP contribution in [0, 0.1) is 6.92 Å². The molecule has 0 fully saturated rings. The average molecular weight is 288 g/mol. The van der Waals surface area contributed by atoms with Gasteiger partial charge in [-0.3, -0.25) is 0 Å². The second kappa shape index (κ2) is 6.43. The lowest BCUT2D eigenvalue weighted by molar-refractivity contribution is 0.0695. The van der Waals surface area contributed by atoms with Crippen LogP contribution in [0.25, 0.3) is 0 Å². The molecule has 0 unspecified atom stereocenters. The SMILES string of the molecule is Cc1nc(NCCCNS(C)(=O)=O)ncc1C(=O)O. The van der Waals surface area contributed by atoms with Crippen LogP contribution in [0.4, 0.5) is 5.95 Å². The van der Waals surface area contributed by atoms with Crippen molar-refractivity contribution in [3.63, 3.8) is 0 Å². The third-order valence-electron chi connectivity index (χ3n) is 2.21. The summed E-state index contributed by atoms with van der Waals surface area (Å²) >= 11 is 0. The Morgan fingerprint density at radius 3 is 2.63 bits per heavy atom. The number of aromatic carboxylic acids is 1. The molecular weight excluding hydrogens is 272 g/mol. The molecule has 0 aliphatic rings. The maximum absolute atomic E-state index is 10.8. The van der Waals surface area contributed by atoms with Gasteiger partial charge in [-0.1, -0.05) is 0 Å². The van der Waals surface area contributed by atoms with Crippen LogP contribution in [0.3, 0.4) is 0 Å². The second-order valence-corrected chi connectivity index (χ2v) is 5.78. The van der Waals surface area contributed by atoms with Gasteiger partial charge in [0, 0.05) is 19.3 Å². The highest BCUT2D eigenvalue weighted by atomic mass is 32.2. The third kappa shape index (κ3) is 5.62. The van der Waals surface area contributed by atoms with Gasteiger partial charge in [0.05, 0.1) is 17.5 Å². The topological polar surface area (TPSA) is 121 Å². The summed E-state index contributed by atoms with van der Waals surface area (Å²) in [5.41, 5.74) is 0.434. The zero-order valence-corrected chi connectivity index (χ0v) is 11.5. The molecule has 1 aromatic rings. The predicted octanol–water partition coefficient (Wildman–Crippen LogP) is -0.166. The Balaban J connectivity index is 2.42. The van der Waals surface area contributed by atoms with E-state index in [1.807, 2.05) is 0 Å². The number of anilines is 1. The van der Waals surface area contributed by atoms with Gasteiger partial charge in [-0.05, 0) is 13.3 Å². The molecule has 1 heterocycles. The maximum atomic E-state index is 10.8. The third-order valence-corrected chi connectivity index (χ3v) is 2.94. The van der Waals surface area contributed by atoms with Crippen LogP contribution in [0.5, 0.6) is 0 Å². The molecule has 3 N–H and O–H groups in total. The number of hydrogen-bond acceptors (Lipinski definition) is 6. The Morgan fingerprint density at radius 1 is 1.42 bits per heavy atom. The first-order valence-corrected chi connectivity index (χ1v) is 7.44. The van der Waals surface area contributed by atoms with Crippen LogP contribution in [-0.4, -0.2) is 48.8 Å². The number of rotatable bonds is 7. The minimum atomic E-state index is -3.17. The Labute approximate surface area is 111 Å². The number of sulfonamides is 1. The molecule has 106 valence electrons. The van der Waals surface area contributed by atoms with Crippen molar-refractivity contribution in [3.8, 4) is 0 Å². The summed E-state index contributed by atoms with van der Waals surface area (Å²) in [6.45, 7) is 2.38. The van der Waals surface area contributed by atoms with Crippen molar-refractivity contribution in [2.24, 2.45) is 0 Å². The lowest BCUT2D eigenvalue weighted by atomic mass is 10.2. The summed E-state index contributed by atoms with van der Waals surface area (Å²) < 4.78 is 24.0. The predicted molar refractivity (Wildman–Crippen MR) is 69.7 cm³/mol. The quantitative estimate of drug-likeness (QED) is 0.596. The first kappa shape index (κ1) is 15.3. The van der Waals surface area contributed by atoms with Crippen LogP contribution in [0.1, 0.15) is 22.5 Å². The normalized spacial score (nSPS) is 11.3. The van der Waals surface area contributed by atoms with E-state index in [0.717, 1.165) is 6.26 Å². The van der Waals surface area contributed by atoms with Crippen molar-refractivity contribution in [1.82, 2.24) is 14.7 Å². The standard InChI is InChI=1S/C10H16N4O4S/c1-7-8(9(15)16)6-12-10(14-7)11-4-3-5-13-19(2,17)18/h6,13H,3-5H2,1-2H3,(H,15,16)(H,11,12,14). The first-order chi connectivity index (χ1) is 8.79. The molecular formula is C10H16N4O4S. The lowest BCUT2D eigenvalue weighted by Gasteiger charge is -2.06. The molecule has 0 saturated heterocycles. The summed E-state index contributed by atoms with van der Waals surface area (Å²) in [4.78, 5) is 18.6. The summed E-state index contributed by atoms with van der Waals surface area (Å²) in [6, 6.07) is 0. The molecule has 1 rings (SSSR count). The highest BCUT2D eigenvalue weighted by Gasteiger charge is 2.09. The minimum Gasteiger partial charge on any atom is -0.478 e. The molecule has 0 radical (unpaired) electrons. The molecule has 9 heteroatoms. The molecule has 0 aromatic carbocycles. The molecule has 0 aliphatic heterocycles. The van der Waals surface area contributed by atoms with Crippen molar-refractivity contribution in [1.29, 1.82) is 0 Å². The van der Waals surface area contributed by atoms with Gasteiger partial charge in [0.15, 0.2) is 0 Å². The Hall–Kier alpha value is -1.74. The van der Waals surface area contributed by atoms with Gasteiger partial charge in [0.2, 0.25) is 16.0 Å². The Bertz CT molecular complexity index is 559. The van der Waals surface area contributed by atoms with Crippen molar-refractivity contribution in [2.75, 3.05) is 24.7 Å². The molecule has 0 aliphatic carbocycles. The summed E-state index contributed by atoms with van der Waals surface area (Å²) in [7, 11) is -3.17. The van der Waals surface area contributed by atoms with Crippen LogP contribution < -0.4 is 10.0 Å². The Morgan fingerprint density at radius 2 is 2.11 bits per heavy atom. The van der Waals surface area contributed by atoms with E-state index in [-0.39, 0.29) is 5.56 Å². The van der Waals surface area contributed by atoms with Gasteiger partial charge >= 0.3 is 5.97 Å². The van der Waals surface area contributed by atoms with Crippen molar-refractivity contribution >= 4 is 21.9 Å². The molecule has 8 nitrogen and oxygen atoms in total. The number of hydrogen-bond donors (Lipinski definition) is 3. The zero-order valence-electron chi connectivity index (χ0n) is 10.7. The lowest BCUT2D eigenvalue weighted by Crippen LogP contribution is -2.24. The van der Waals surface area contributed by atoms with Gasteiger partial charge in [-0.15, -0.1) is 0 Å². The van der Waals surface area contributed by atoms with Gasteiger partial charge in [-0.25, -0.2) is 27.9 Å². The summed E-state index contributed by atoms with van der Waals surface area (Å²) in [5.74, 6) is -0.747. The second-order valence-electron chi connectivity index (χ2n) is 3.94.